The lowest BCUT2D eigenvalue weighted by Gasteiger charge is -2.09. The van der Waals surface area contributed by atoms with Gasteiger partial charge in [-0.2, -0.15) is 0 Å². The van der Waals surface area contributed by atoms with Gasteiger partial charge in [0.05, 0.1) is 10.6 Å². The predicted octanol–water partition coefficient (Wildman–Crippen LogP) is 2.70. The molecule has 1 aromatic heterocycles. The molecule has 0 spiro atoms. The van der Waals surface area contributed by atoms with Gasteiger partial charge >= 0.3 is 0 Å². The van der Waals surface area contributed by atoms with E-state index in [4.69, 9.17) is 0 Å². The fourth-order valence-electron chi connectivity index (χ4n) is 2.05. The summed E-state index contributed by atoms with van der Waals surface area (Å²) in [5.41, 5.74) is 2.34. The number of aromatic nitrogens is 1. The summed E-state index contributed by atoms with van der Waals surface area (Å²) in [6, 6.07) is 8.37. The average molecular weight is 287 g/mol. The second-order valence-electron chi connectivity index (χ2n) is 4.77. The first-order chi connectivity index (χ1) is 10.0. The van der Waals surface area contributed by atoms with Crippen LogP contribution in [0.3, 0.4) is 0 Å². The van der Waals surface area contributed by atoms with E-state index in [0.717, 1.165) is 11.3 Å². The van der Waals surface area contributed by atoms with E-state index in [9.17, 15) is 14.9 Å². The van der Waals surface area contributed by atoms with Gasteiger partial charge < -0.3 is 9.88 Å². The van der Waals surface area contributed by atoms with E-state index < -0.39 is 0 Å². The van der Waals surface area contributed by atoms with Crippen molar-refractivity contribution in [2.75, 3.05) is 5.32 Å². The number of nitro benzene ring substituents is 1. The fourth-order valence-corrected chi connectivity index (χ4v) is 2.05. The van der Waals surface area contributed by atoms with Gasteiger partial charge in [0.25, 0.3) is 11.2 Å². The number of aryl methyl sites for hydroxylation is 2. The minimum absolute atomic E-state index is 0.0472. The highest BCUT2D eigenvalue weighted by Crippen LogP contribution is 2.19. The maximum Gasteiger partial charge on any atom is 0.272 e. The van der Waals surface area contributed by atoms with Gasteiger partial charge in [0.2, 0.25) is 0 Å². The van der Waals surface area contributed by atoms with Crippen LogP contribution in [0.5, 0.6) is 0 Å². The van der Waals surface area contributed by atoms with Crippen molar-refractivity contribution in [3.05, 3.63) is 68.1 Å². The number of hydrogen-bond acceptors (Lipinski definition) is 4. The Kier molecular flexibility index (Phi) is 4.37. The van der Waals surface area contributed by atoms with Gasteiger partial charge in [0.1, 0.15) is 0 Å². The summed E-state index contributed by atoms with van der Waals surface area (Å²) >= 11 is 0. The third kappa shape index (κ3) is 3.47. The van der Waals surface area contributed by atoms with Crippen LogP contribution < -0.4 is 10.9 Å². The summed E-state index contributed by atoms with van der Waals surface area (Å²) in [5, 5.41) is 14.1. The molecule has 0 unspecified atom stereocenters. The number of nitro groups is 1. The number of rotatable bonds is 5. The molecule has 110 valence electrons. The molecular formula is C15H17N3O3. The van der Waals surface area contributed by atoms with Crippen LogP contribution in [0, 0.1) is 17.0 Å². The molecule has 0 atom stereocenters. The first kappa shape index (κ1) is 14.8. The summed E-state index contributed by atoms with van der Waals surface area (Å²) in [6.07, 6.45) is 1.74. The van der Waals surface area contributed by atoms with Crippen molar-refractivity contribution in [1.29, 1.82) is 0 Å². The van der Waals surface area contributed by atoms with Gasteiger partial charge in [0, 0.05) is 37.0 Å². The van der Waals surface area contributed by atoms with E-state index in [1.807, 2.05) is 13.0 Å². The van der Waals surface area contributed by atoms with E-state index >= 15 is 0 Å². The van der Waals surface area contributed by atoms with E-state index in [2.05, 4.69) is 5.32 Å². The number of anilines is 1. The molecule has 2 rings (SSSR count). The number of pyridine rings is 1. The standard InChI is InChI=1S/C15H17N3O3/c1-3-17-10-13(6-7-15(17)19)16-9-12-5-4-11(2)14(8-12)18(20)21/h4-8,10,16H,3,9H2,1-2H3. The monoisotopic (exact) mass is 287 g/mol. The Labute approximate surface area is 122 Å². The van der Waals surface area contributed by atoms with E-state index in [-0.39, 0.29) is 16.2 Å². The highest BCUT2D eigenvalue weighted by Gasteiger charge is 2.10. The Hall–Kier alpha value is -2.63. The Morgan fingerprint density at radius 1 is 1.29 bits per heavy atom. The molecule has 1 heterocycles. The van der Waals surface area contributed by atoms with E-state index in [1.54, 1.807) is 35.9 Å². The van der Waals surface area contributed by atoms with Crippen molar-refractivity contribution >= 4 is 11.4 Å². The topological polar surface area (TPSA) is 77.2 Å². The SMILES string of the molecule is CCn1cc(NCc2ccc(C)c([N+](=O)[O-])c2)ccc1=O. The predicted molar refractivity (Wildman–Crippen MR) is 81.5 cm³/mol. The normalized spacial score (nSPS) is 10.4. The molecule has 6 nitrogen and oxygen atoms in total. The molecule has 0 aliphatic carbocycles. The van der Waals surface area contributed by atoms with Gasteiger partial charge in [0.15, 0.2) is 0 Å². The molecule has 0 radical (unpaired) electrons. The van der Waals surface area contributed by atoms with Crippen molar-refractivity contribution in [1.82, 2.24) is 4.57 Å². The van der Waals surface area contributed by atoms with Crippen LogP contribution in [0.2, 0.25) is 0 Å². The third-order valence-electron chi connectivity index (χ3n) is 3.29. The molecule has 0 fully saturated rings. The van der Waals surface area contributed by atoms with Gasteiger partial charge in [-0.25, -0.2) is 0 Å². The van der Waals surface area contributed by atoms with Crippen LogP contribution in [0.15, 0.2) is 41.3 Å². The molecule has 0 saturated heterocycles. The minimum Gasteiger partial charge on any atom is -0.380 e. The lowest BCUT2D eigenvalue weighted by molar-refractivity contribution is -0.385. The van der Waals surface area contributed by atoms with Gasteiger partial charge in [-0.1, -0.05) is 12.1 Å². The maximum atomic E-state index is 11.5. The number of nitrogens with zero attached hydrogens (tertiary/aromatic N) is 2. The Balaban J connectivity index is 2.15. The summed E-state index contributed by atoms with van der Waals surface area (Å²) in [6.45, 7) is 4.67. The summed E-state index contributed by atoms with van der Waals surface area (Å²) in [7, 11) is 0. The van der Waals surface area contributed by atoms with Crippen molar-refractivity contribution < 1.29 is 4.92 Å². The molecule has 6 heteroatoms. The molecular weight excluding hydrogens is 270 g/mol. The molecule has 0 bridgehead atoms. The van der Waals surface area contributed by atoms with E-state index in [0.29, 0.717) is 18.7 Å². The molecule has 1 N–H and O–H groups in total. The second kappa shape index (κ2) is 6.21. The van der Waals surface area contributed by atoms with Gasteiger partial charge in [-0.15, -0.1) is 0 Å². The zero-order valence-electron chi connectivity index (χ0n) is 12.0. The van der Waals surface area contributed by atoms with Crippen LogP contribution in [-0.4, -0.2) is 9.49 Å². The Morgan fingerprint density at radius 3 is 2.71 bits per heavy atom. The first-order valence-electron chi connectivity index (χ1n) is 6.69. The molecule has 1 aromatic carbocycles. The molecule has 2 aromatic rings. The molecule has 0 saturated carbocycles. The molecule has 0 amide bonds. The maximum absolute atomic E-state index is 11.5. The summed E-state index contributed by atoms with van der Waals surface area (Å²) in [4.78, 5) is 22.0. The Bertz CT molecular complexity index is 722. The van der Waals surface area contributed by atoms with Crippen molar-refractivity contribution in [3.63, 3.8) is 0 Å². The smallest absolute Gasteiger partial charge is 0.272 e. The Morgan fingerprint density at radius 2 is 2.05 bits per heavy atom. The van der Waals surface area contributed by atoms with Crippen LogP contribution >= 0.6 is 0 Å². The van der Waals surface area contributed by atoms with Crippen molar-refractivity contribution in [3.8, 4) is 0 Å². The fraction of sp³-hybridized carbons (Fsp3) is 0.267. The lowest BCUT2D eigenvalue weighted by atomic mass is 10.1. The number of hydrogen-bond donors (Lipinski definition) is 1. The quantitative estimate of drug-likeness (QED) is 0.677. The average Bonchev–Trinajstić information content (AvgIpc) is 2.47. The highest BCUT2D eigenvalue weighted by molar-refractivity contribution is 5.45. The largest absolute Gasteiger partial charge is 0.380 e. The number of nitrogens with one attached hydrogen (secondary N) is 1. The highest BCUT2D eigenvalue weighted by atomic mass is 16.6. The van der Waals surface area contributed by atoms with Crippen molar-refractivity contribution in [2.45, 2.75) is 26.9 Å². The third-order valence-corrected chi connectivity index (χ3v) is 3.29. The second-order valence-corrected chi connectivity index (χ2v) is 4.77. The van der Waals surface area contributed by atoms with Crippen LogP contribution in [0.4, 0.5) is 11.4 Å². The zero-order valence-corrected chi connectivity index (χ0v) is 12.0. The minimum atomic E-state index is -0.379. The lowest BCUT2D eigenvalue weighted by Crippen LogP contribution is -2.17. The van der Waals surface area contributed by atoms with Crippen LogP contribution in [-0.2, 0) is 13.1 Å². The zero-order chi connectivity index (χ0) is 15.4. The summed E-state index contributed by atoms with van der Waals surface area (Å²) in [5.74, 6) is 0. The van der Waals surface area contributed by atoms with Crippen molar-refractivity contribution in [2.24, 2.45) is 0 Å². The first-order valence-corrected chi connectivity index (χ1v) is 6.69. The van der Waals surface area contributed by atoms with Crippen LogP contribution in [0.1, 0.15) is 18.1 Å². The molecule has 21 heavy (non-hydrogen) atoms. The van der Waals surface area contributed by atoms with Gasteiger partial charge in [-0.05, 0) is 25.5 Å². The number of benzene rings is 1. The van der Waals surface area contributed by atoms with Crippen LogP contribution in [0.25, 0.3) is 0 Å². The molecule has 0 aliphatic heterocycles. The van der Waals surface area contributed by atoms with Gasteiger partial charge in [-0.3, -0.25) is 14.9 Å². The summed E-state index contributed by atoms with van der Waals surface area (Å²) < 4.78 is 1.60. The van der Waals surface area contributed by atoms with E-state index in [1.165, 1.54) is 6.07 Å². The molecule has 0 aliphatic rings.